The van der Waals surface area contributed by atoms with E-state index in [9.17, 15) is 19.2 Å². The SMILES string of the molecule is C=C(C)C(=O)OCC1(C)CO1.C=C(C)C(=O)OCC1(CC)COC1.C=C(C)C(=O)OCC1CO1.C=C(C)C(=O)OCC1CO1. The quantitative estimate of drug-likeness (QED) is 0.128. The highest BCUT2D eigenvalue weighted by Gasteiger charge is 2.41. The lowest BCUT2D eigenvalue weighted by Gasteiger charge is -2.39. The Morgan fingerprint density at radius 3 is 1.25 bits per heavy atom. The van der Waals surface area contributed by atoms with E-state index in [1.807, 2.05) is 6.92 Å². The molecule has 4 saturated heterocycles. The fourth-order valence-electron chi connectivity index (χ4n) is 2.58. The zero-order valence-electron chi connectivity index (χ0n) is 27.0. The zero-order chi connectivity index (χ0) is 33.5. The van der Waals surface area contributed by atoms with E-state index in [4.69, 9.17) is 37.9 Å². The molecule has 4 aliphatic heterocycles. The average Bonchev–Trinajstić information content (AvgIpc) is 3.81. The number of carbonyl (C=O) groups is 4. The lowest BCUT2D eigenvalue weighted by Crippen LogP contribution is -2.46. The first-order valence-corrected chi connectivity index (χ1v) is 14.3. The van der Waals surface area contributed by atoms with Gasteiger partial charge in [-0.2, -0.15) is 0 Å². The molecule has 0 spiro atoms. The molecule has 4 fully saturated rings. The zero-order valence-corrected chi connectivity index (χ0v) is 27.0. The Balaban J connectivity index is 0.000000295. The Morgan fingerprint density at radius 1 is 0.659 bits per heavy atom. The van der Waals surface area contributed by atoms with Gasteiger partial charge in [-0.15, -0.1) is 0 Å². The molecular formula is C32H48O12. The highest BCUT2D eigenvalue weighted by molar-refractivity contribution is 5.88. The molecule has 3 atom stereocenters. The van der Waals surface area contributed by atoms with Crippen molar-refractivity contribution in [3.63, 3.8) is 0 Å². The van der Waals surface area contributed by atoms with Crippen LogP contribution in [-0.2, 0) is 57.1 Å². The monoisotopic (exact) mass is 624 g/mol. The molecule has 0 radical (unpaired) electrons. The summed E-state index contributed by atoms with van der Waals surface area (Å²) in [5.41, 5.74) is 1.60. The second-order valence-corrected chi connectivity index (χ2v) is 11.5. The number of esters is 4. The maximum atomic E-state index is 11.1. The summed E-state index contributed by atoms with van der Waals surface area (Å²) < 4.78 is 39.3. The highest BCUT2D eigenvalue weighted by Crippen LogP contribution is 2.31. The van der Waals surface area contributed by atoms with Crippen LogP contribution in [0.15, 0.2) is 48.6 Å². The summed E-state index contributed by atoms with van der Waals surface area (Å²) in [5.74, 6) is -1.33. The fourth-order valence-corrected chi connectivity index (χ4v) is 2.58. The number of ether oxygens (including phenoxy) is 8. The van der Waals surface area contributed by atoms with Gasteiger partial charge in [0.25, 0.3) is 0 Å². The largest absolute Gasteiger partial charge is 0.462 e. The van der Waals surface area contributed by atoms with Crippen LogP contribution in [0.2, 0.25) is 0 Å². The third-order valence-electron chi connectivity index (χ3n) is 6.22. The van der Waals surface area contributed by atoms with Crippen LogP contribution < -0.4 is 0 Å². The average molecular weight is 625 g/mol. The van der Waals surface area contributed by atoms with E-state index in [-0.39, 0.29) is 47.1 Å². The van der Waals surface area contributed by atoms with Crippen molar-refractivity contribution in [1.29, 1.82) is 0 Å². The molecule has 4 heterocycles. The van der Waals surface area contributed by atoms with Crippen LogP contribution in [0.3, 0.4) is 0 Å². The van der Waals surface area contributed by atoms with Crippen LogP contribution in [0.5, 0.6) is 0 Å². The van der Waals surface area contributed by atoms with Crippen molar-refractivity contribution in [3.05, 3.63) is 48.6 Å². The molecule has 0 N–H and O–H groups in total. The minimum atomic E-state index is -0.346. The second kappa shape index (κ2) is 18.5. The van der Waals surface area contributed by atoms with Gasteiger partial charge in [-0.1, -0.05) is 33.2 Å². The van der Waals surface area contributed by atoms with Gasteiger partial charge in [0.2, 0.25) is 0 Å². The van der Waals surface area contributed by atoms with Gasteiger partial charge < -0.3 is 37.9 Å². The summed E-state index contributed by atoms with van der Waals surface area (Å²) in [6, 6.07) is 0. The molecule has 0 bridgehead atoms. The summed E-state index contributed by atoms with van der Waals surface area (Å²) in [6.07, 6.45) is 1.27. The third-order valence-corrected chi connectivity index (χ3v) is 6.22. The molecule has 4 rings (SSSR count). The van der Waals surface area contributed by atoms with Crippen molar-refractivity contribution in [2.45, 2.75) is 65.8 Å². The molecule has 12 heteroatoms. The van der Waals surface area contributed by atoms with Gasteiger partial charge in [0.05, 0.1) is 38.4 Å². The molecule has 0 amide bonds. The van der Waals surface area contributed by atoms with Crippen molar-refractivity contribution < 1.29 is 57.1 Å². The van der Waals surface area contributed by atoms with Crippen molar-refractivity contribution in [2.24, 2.45) is 5.41 Å². The number of carbonyl (C=O) groups excluding carboxylic acids is 4. The van der Waals surface area contributed by atoms with Gasteiger partial charge in [-0.3, -0.25) is 0 Å². The van der Waals surface area contributed by atoms with Crippen molar-refractivity contribution >= 4 is 23.9 Å². The normalized spacial score (nSPS) is 22.5. The summed E-state index contributed by atoms with van der Waals surface area (Å²) in [5, 5.41) is 0. The van der Waals surface area contributed by atoms with Gasteiger partial charge in [-0.25, -0.2) is 19.2 Å². The van der Waals surface area contributed by atoms with Crippen LogP contribution in [0, 0.1) is 5.41 Å². The van der Waals surface area contributed by atoms with Crippen LogP contribution in [0.1, 0.15) is 48.0 Å². The molecule has 0 aromatic carbocycles. The molecule has 3 unspecified atom stereocenters. The topological polar surface area (TPSA) is 152 Å². The van der Waals surface area contributed by atoms with E-state index in [0.717, 1.165) is 6.42 Å². The smallest absolute Gasteiger partial charge is 0.333 e. The van der Waals surface area contributed by atoms with E-state index in [0.29, 0.717) is 81.8 Å². The Kier molecular flexibility index (Phi) is 16.3. The number of hydrogen-bond acceptors (Lipinski definition) is 12. The van der Waals surface area contributed by atoms with Crippen molar-refractivity contribution in [2.75, 3.05) is 59.5 Å². The first-order chi connectivity index (χ1) is 20.5. The minimum Gasteiger partial charge on any atom is -0.462 e. The van der Waals surface area contributed by atoms with Crippen LogP contribution in [-0.4, -0.2) is 101 Å². The molecule has 4 aliphatic rings. The van der Waals surface area contributed by atoms with Crippen LogP contribution in [0.4, 0.5) is 0 Å². The molecule has 0 aliphatic carbocycles. The van der Waals surface area contributed by atoms with Gasteiger partial charge in [0.1, 0.15) is 44.2 Å². The summed E-state index contributed by atoms with van der Waals surface area (Å²) >= 11 is 0. The number of epoxide rings is 3. The van der Waals surface area contributed by atoms with Crippen molar-refractivity contribution in [3.8, 4) is 0 Å². The third kappa shape index (κ3) is 17.1. The number of hydrogen-bond donors (Lipinski definition) is 0. The Bertz CT molecular complexity index is 1020. The van der Waals surface area contributed by atoms with E-state index in [1.165, 1.54) is 0 Å². The van der Waals surface area contributed by atoms with E-state index >= 15 is 0 Å². The van der Waals surface area contributed by atoms with Crippen LogP contribution >= 0.6 is 0 Å². The van der Waals surface area contributed by atoms with E-state index < -0.39 is 0 Å². The predicted molar refractivity (Wildman–Crippen MR) is 160 cm³/mol. The lowest BCUT2D eigenvalue weighted by atomic mass is 9.84. The lowest BCUT2D eigenvalue weighted by molar-refractivity contribution is -0.167. The summed E-state index contributed by atoms with van der Waals surface area (Å²) in [4.78, 5) is 43.3. The van der Waals surface area contributed by atoms with Gasteiger partial charge in [0.15, 0.2) is 0 Å². The molecule has 0 saturated carbocycles. The molecule has 0 aromatic rings. The molecule has 248 valence electrons. The Labute approximate surface area is 260 Å². The standard InChI is InChI=1S/C10H16O3.C8H12O3.2C7H10O3/c1-4-10(5-12-6-10)7-13-9(11)8(2)3;1-6(2)7(9)10-4-8(3)5-11-8;2*1-5(2)7(8)10-4-6-3-9-6/h2,4-7H2,1,3H3;1,4-5H2,2-3H3;2*6H,1,3-4H2,2H3. The molecular weight excluding hydrogens is 576 g/mol. The minimum absolute atomic E-state index is 0.0745. The van der Waals surface area contributed by atoms with E-state index in [2.05, 4.69) is 33.2 Å². The van der Waals surface area contributed by atoms with Crippen molar-refractivity contribution in [1.82, 2.24) is 0 Å². The maximum absolute atomic E-state index is 11.1. The molecule has 0 aromatic heterocycles. The Morgan fingerprint density at radius 2 is 1.00 bits per heavy atom. The number of rotatable bonds is 13. The maximum Gasteiger partial charge on any atom is 0.333 e. The second-order valence-electron chi connectivity index (χ2n) is 11.5. The fraction of sp³-hybridized carbons (Fsp3) is 0.625. The summed E-state index contributed by atoms with van der Waals surface area (Å²) in [6.45, 7) is 29.4. The molecule has 12 nitrogen and oxygen atoms in total. The Hall–Kier alpha value is -3.32. The predicted octanol–water partition coefficient (Wildman–Crippen LogP) is 3.44. The van der Waals surface area contributed by atoms with Gasteiger partial charge >= 0.3 is 23.9 Å². The summed E-state index contributed by atoms with van der Waals surface area (Å²) in [7, 11) is 0. The van der Waals surface area contributed by atoms with Crippen LogP contribution in [0.25, 0.3) is 0 Å². The first-order valence-electron chi connectivity index (χ1n) is 14.3. The van der Waals surface area contributed by atoms with Gasteiger partial charge in [-0.05, 0) is 41.0 Å². The first kappa shape index (κ1) is 38.7. The van der Waals surface area contributed by atoms with Gasteiger partial charge in [0, 0.05) is 22.3 Å². The molecule has 44 heavy (non-hydrogen) atoms. The highest BCUT2D eigenvalue weighted by atomic mass is 16.6. The van der Waals surface area contributed by atoms with E-state index in [1.54, 1.807) is 27.7 Å².